The fraction of sp³-hybridized carbons (Fsp3) is 0. The zero-order chi connectivity index (χ0) is 32.8. The molecule has 0 spiro atoms. The normalized spacial score (nSPS) is 13.1. The Morgan fingerprint density at radius 3 is 1.43 bits per heavy atom. The summed E-state index contributed by atoms with van der Waals surface area (Å²) in [6, 6.07) is 58.9. The summed E-state index contributed by atoms with van der Waals surface area (Å²) in [6.45, 7) is 0. The Morgan fingerprint density at radius 2 is 0.857 bits per heavy atom. The van der Waals surface area contributed by atoms with Crippen LogP contribution < -0.4 is 20.8 Å². The molecule has 0 aliphatic carbocycles. The van der Waals surface area contributed by atoms with Crippen LogP contribution in [0.3, 0.4) is 0 Å². The fourth-order valence-electron chi connectivity index (χ4n) is 6.74. The third kappa shape index (κ3) is 4.95. The van der Waals surface area contributed by atoms with Gasteiger partial charge in [0.25, 0.3) is 0 Å². The van der Waals surface area contributed by atoms with Crippen LogP contribution in [0.2, 0.25) is 0 Å². The van der Waals surface area contributed by atoms with Gasteiger partial charge in [-0.1, -0.05) is 133 Å². The number of aromatic nitrogens is 3. The maximum Gasteiger partial charge on any atom is 0.175 e. The van der Waals surface area contributed by atoms with Gasteiger partial charge in [0.15, 0.2) is 24.6 Å². The van der Waals surface area contributed by atoms with Crippen molar-refractivity contribution in [3.8, 4) is 34.2 Å². The average Bonchev–Trinajstić information content (AvgIpc) is 3.18. The van der Waals surface area contributed by atoms with E-state index in [0.717, 1.165) is 60.4 Å². The smallest absolute Gasteiger partial charge is 0.175 e. The highest BCUT2D eigenvalue weighted by molar-refractivity contribution is 7.86. The van der Waals surface area contributed by atoms with E-state index in [0.29, 0.717) is 17.5 Å². The fourth-order valence-corrected chi connectivity index (χ4v) is 9.74. The molecule has 5 nitrogen and oxygen atoms in total. The second-order valence-corrected chi connectivity index (χ2v) is 14.7. The molecule has 0 fully saturated rings. The number of nitrogens with zero attached hydrogens (tertiary/aromatic N) is 4. The van der Waals surface area contributed by atoms with Crippen molar-refractivity contribution in [2.24, 2.45) is 0 Å². The minimum atomic E-state index is -3.11. The molecule has 0 atom stereocenters. The minimum absolute atomic E-state index is 0.620. The van der Waals surface area contributed by atoms with Gasteiger partial charge in [-0.15, -0.1) is 0 Å². The molecule has 1 aliphatic heterocycles. The Labute approximate surface area is 284 Å². The van der Waals surface area contributed by atoms with Crippen molar-refractivity contribution in [2.45, 2.75) is 0 Å². The van der Waals surface area contributed by atoms with E-state index in [1.54, 1.807) is 0 Å². The van der Waals surface area contributed by atoms with Crippen LogP contribution in [-0.4, -0.2) is 15.0 Å². The number of rotatable bonds is 5. The number of hydrogen-bond donors (Lipinski definition) is 0. The van der Waals surface area contributed by atoms with Gasteiger partial charge in [-0.3, -0.25) is 0 Å². The van der Waals surface area contributed by atoms with Crippen molar-refractivity contribution in [2.75, 3.05) is 4.90 Å². The molecule has 49 heavy (non-hydrogen) atoms. The van der Waals surface area contributed by atoms with E-state index in [9.17, 15) is 0 Å². The second-order valence-electron chi connectivity index (χ2n) is 12.0. The van der Waals surface area contributed by atoms with E-state index in [4.69, 9.17) is 15.0 Å². The first-order chi connectivity index (χ1) is 24.2. The average molecular weight is 649 g/mol. The quantitative estimate of drug-likeness (QED) is 0.174. The molecule has 0 bridgehead atoms. The lowest BCUT2D eigenvalue weighted by atomic mass is 10.0. The van der Waals surface area contributed by atoms with Gasteiger partial charge < -0.3 is 9.46 Å². The number of benzene rings is 7. The van der Waals surface area contributed by atoms with Gasteiger partial charge >= 0.3 is 0 Å². The van der Waals surface area contributed by atoms with E-state index in [2.05, 4.69) is 53.4 Å². The first-order valence-electron chi connectivity index (χ1n) is 16.2. The Bertz CT molecular complexity index is 2430. The Morgan fingerprint density at radius 1 is 0.408 bits per heavy atom. The second kappa shape index (κ2) is 11.8. The molecule has 7 aromatic carbocycles. The predicted octanol–water partition coefficient (Wildman–Crippen LogP) is 9.45. The first-order valence-corrected chi connectivity index (χ1v) is 17.9. The summed E-state index contributed by atoms with van der Waals surface area (Å²) in [5, 5.41) is 4.67. The lowest BCUT2D eigenvalue weighted by Gasteiger charge is -2.37. The number of para-hydroxylation sites is 2. The molecule has 2 heterocycles. The molecule has 6 heteroatoms. The van der Waals surface area contributed by atoms with Crippen LogP contribution in [-0.2, 0) is 4.57 Å². The Kier molecular flexibility index (Phi) is 7.00. The molecule has 0 saturated heterocycles. The first kappa shape index (κ1) is 29.0. The molecule has 0 amide bonds. The molecule has 0 N–H and O–H groups in total. The molecule has 1 aromatic heterocycles. The topological polar surface area (TPSA) is 59.0 Å². The molecular formula is C43H29N4OP. The molecule has 0 unspecified atom stereocenters. The van der Waals surface area contributed by atoms with E-state index in [1.165, 1.54) is 0 Å². The zero-order valence-corrected chi connectivity index (χ0v) is 27.3. The monoisotopic (exact) mass is 648 g/mol. The summed E-state index contributed by atoms with van der Waals surface area (Å²) in [5.74, 6) is 1.89. The molecule has 0 radical (unpaired) electrons. The summed E-state index contributed by atoms with van der Waals surface area (Å²) in [7, 11) is -3.11. The minimum Gasteiger partial charge on any atom is -0.309 e. The largest absolute Gasteiger partial charge is 0.309 e. The van der Waals surface area contributed by atoms with Crippen molar-refractivity contribution >= 4 is 50.9 Å². The Balaban J connectivity index is 1.16. The van der Waals surface area contributed by atoms with Crippen molar-refractivity contribution < 1.29 is 4.57 Å². The summed E-state index contributed by atoms with van der Waals surface area (Å²) < 4.78 is 15.2. The maximum absolute atomic E-state index is 15.2. The highest BCUT2D eigenvalue weighted by Crippen LogP contribution is 2.54. The van der Waals surface area contributed by atoms with Gasteiger partial charge in [0.05, 0.1) is 11.4 Å². The Hall–Kier alpha value is -6.16. The number of hydrogen-bond acceptors (Lipinski definition) is 5. The van der Waals surface area contributed by atoms with Gasteiger partial charge in [0.2, 0.25) is 0 Å². The van der Waals surface area contributed by atoms with E-state index >= 15 is 4.57 Å². The van der Waals surface area contributed by atoms with Crippen LogP contribution in [0.25, 0.3) is 44.9 Å². The van der Waals surface area contributed by atoms with Crippen LogP contribution in [0.5, 0.6) is 0 Å². The predicted molar refractivity (Wildman–Crippen MR) is 201 cm³/mol. The van der Waals surface area contributed by atoms with Gasteiger partial charge in [-0.25, -0.2) is 15.0 Å². The zero-order valence-electron chi connectivity index (χ0n) is 26.4. The van der Waals surface area contributed by atoms with Gasteiger partial charge in [-0.2, -0.15) is 0 Å². The van der Waals surface area contributed by atoms with Crippen molar-refractivity contribution in [3.05, 3.63) is 176 Å². The molecule has 9 rings (SSSR count). The van der Waals surface area contributed by atoms with Crippen molar-refractivity contribution in [3.63, 3.8) is 0 Å². The number of fused-ring (bicyclic) bond motifs is 3. The molecule has 8 aromatic rings. The van der Waals surface area contributed by atoms with Crippen LogP contribution in [0.4, 0.5) is 17.1 Å². The number of anilines is 3. The van der Waals surface area contributed by atoms with Gasteiger partial charge in [-0.05, 0) is 53.2 Å². The third-order valence-corrected chi connectivity index (χ3v) is 12.2. The van der Waals surface area contributed by atoms with Crippen molar-refractivity contribution in [1.29, 1.82) is 0 Å². The summed E-state index contributed by atoms with van der Waals surface area (Å²) >= 11 is 0. The highest BCUT2D eigenvalue weighted by atomic mass is 31.2. The van der Waals surface area contributed by atoms with Gasteiger partial charge in [0, 0.05) is 38.3 Å². The van der Waals surface area contributed by atoms with Crippen LogP contribution >= 0.6 is 7.14 Å². The lowest BCUT2D eigenvalue weighted by Crippen LogP contribution is -2.36. The summed E-state index contributed by atoms with van der Waals surface area (Å²) in [4.78, 5) is 16.9. The SMILES string of the molecule is O=P1(c2ccccc2)c2ccccc2N(c2ccc3cc(-c4nc(-c5ccccc5)nc(-c5ccccc5)n4)ccc3c2)c2ccccc21. The maximum atomic E-state index is 15.2. The van der Waals surface area contributed by atoms with E-state index < -0.39 is 7.14 Å². The van der Waals surface area contributed by atoms with Crippen LogP contribution in [0, 0.1) is 0 Å². The van der Waals surface area contributed by atoms with E-state index in [-0.39, 0.29) is 0 Å². The summed E-state index contributed by atoms with van der Waals surface area (Å²) in [6.07, 6.45) is 0. The van der Waals surface area contributed by atoms with Crippen molar-refractivity contribution in [1.82, 2.24) is 15.0 Å². The molecular weight excluding hydrogens is 619 g/mol. The third-order valence-electron chi connectivity index (χ3n) is 9.08. The molecule has 232 valence electrons. The summed E-state index contributed by atoms with van der Waals surface area (Å²) in [5.41, 5.74) is 5.64. The van der Waals surface area contributed by atoms with Crippen LogP contribution in [0.1, 0.15) is 0 Å². The molecule has 1 aliphatic rings. The van der Waals surface area contributed by atoms with E-state index in [1.807, 2.05) is 127 Å². The lowest BCUT2D eigenvalue weighted by molar-refractivity contribution is 0.592. The molecule has 0 saturated carbocycles. The standard InChI is InChI=1S/C43H29N4OP/c48-49(36-18-8-3-9-19-36)39-22-12-10-20-37(39)47(38-21-11-13-23-40(38)49)35-27-26-32-28-34(25-24-33(32)29-35)43-45-41(30-14-4-1-5-15-30)44-42(46-43)31-16-6-2-7-17-31/h1-29H. The highest BCUT2D eigenvalue weighted by Gasteiger charge is 2.40. The van der Waals surface area contributed by atoms with Crippen LogP contribution in [0.15, 0.2) is 176 Å². The van der Waals surface area contributed by atoms with Gasteiger partial charge in [0.1, 0.15) is 0 Å².